The second-order valence-corrected chi connectivity index (χ2v) is 4.34. The summed E-state index contributed by atoms with van der Waals surface area (Å²) in [5.41, 5.74) is 5.48. The topological polar surface area (TPSA) is 96.0 Å². The van der Waals surface area contributed by atoms with Crippen LogP contribution in [0.4, 0.5) is 4.39 Å². The summed E-state index contributed by atoms with van der Waals surface area (Å²) in [7, 11) is 0. The molecule has 20 heavy (non-hydrogen) atoms. The minimum atomic E-state index is -0.786. The van der Waals surface area contributed by atoms with Crippen LogP contribution in [0, 0.1) is 17.1 Å². The van der Waals surface area contributed by atoms with Gasteiger partial charge in [-0.3, -0.25) is 9.59 Å². The molecule has 6 heteroatoms. The first-order valence-corrected chi connectivity index (χ1v) is 6.27. The van der Waals surface area contributed by atoms with Crippen molar-refractivity contribution >= 4 is 11.8 Å². The summed E-state index contributed by atoms with van der Waals surface area (Å²) in [4.78, 5) is 23.1. The molecule has 1 aromatic rings. The summed E-state index contributed by atoms with van der Waals surface area (Å²) < 4.78 is 12.7. The Morgan fingerprint density at radius 3 is 2.50 bits per heavy atom. The number of nitriles is 1. The minimum Gasteiger partial charge on any atom is -0.368 e. The van der Waals surface area contributed by atoms with Crippen molar-refractivity contribution in [1.82, 2.24) is 5.32 Å². The van der Waals surface area contributed by atoms with Gasteiger partial charge < -0.3 is 11.1 Å². The summed E-state index contributed by atoms with van der Waals surface area (Å²) in [6.45, 7) is 0. The number of nitrogens with zero attached hydrogens (tertiary/aromatic N) is 1. The van der Waals surface area contributed by atoms with Gasteiger partial charge in [-0.1, -0.05) is 0 Å². The molecule has 0 heterocycles. The molecule has 0 aromatic heterocycles. The fraction of sp³-hybridized carbons (Fsp3) is 0.357. The smallest absolute Gasteiger partial charge is 0.251 e. The number of halogens is 1. The van der Waals surface area contributed by atoms with Gasteiger partial charge in [0.1, 0.15) is 11.9 Å². The standard InChI is InChI=1S/C14H16FN3O2/c15-11-7-5-10(6-8-11)14(20)18-12(13(17)19)4-2-1-3-9-16/h5-8,12H,1-4H2,(H2,17,19)(H,18,20)/t12-/m1/s1. The molecule has 0 aliphatic rings. The molecule has 1 rings (SSSR count). The molecule has 0 aliphatic carbocycles. The van der Waals surface area contributed by atoms with Crippen molar-refractivity contribution in [3.63, 3.8) is 0 Å². The van der Waals surface area contributed by atoms with Gasteiger partial charge in [0.25, 0.3) is 5.91 Å². The summed E-state index contributed by atoms with van der Waals surface area (Å²) in [5.74, 6) is -1.55. The zero-order valence-electron chi connectivity index (χ0n) is 10.9. The number of carbonyl (C=O) groups excluding carboxylic acids is 2. The normalized spacial score (nSPS) is 11.4. The SMILES string of the molecule is N#CCCCC[C@@H](NC(=O)c1ccc(F)cc1)C(N)=O. The maximum Gasteiger partial charge on any atom is 0.251 e. The molecule has 0 aliphatic heterocycles. The Labute approximate surface area is 116 Å². The van der Waals surface area contributed by atoms with Crippen molar-refractivity contribution in [2.75, 3.05) is 0 Å². The molecule has 1 aromatic carbocycles. The van der Waals surface area contributed by atoms with Crippen LogP contribution in [0.15, 0.2) is 24.3 Å². The number of primary amides is 1. The predicted molar refractivity (Wildman–Crippen MR) is 70.9 cm³/mol. The zero-order chi connectivity index (χ0) is 15.0. The van der Waals surface area contributed by atoms with Gasteiger partial charge in [-0.05, 0) is 43.5 Å². The van der Waals surface area contributed by atoms with Crippen LogP contribution in [0.2, 0.25) is 0 Å². The van der Waals surface area contributed by atoms with Crippen molar-refractivity contribution in [3.8, 4) is 6.07 Å². The molecule has 0 unspecified atom stereocenters. The first-order valence-electron chi connectivity index (χ1n) is 6.27. The third kappa shape index (κ3) is 5.06. The van der Waals surface area contributed by atoms with Crippen molar-refractivity contribution < 1.29 is 14.0 Å². The van der Waals surface area contributed by atoms with Crippen molar-refractivity contribution in [2.24, 2.45) is 5.73 Å². The highest BCUT2D eigenvalue weighted by Gasteiger charge is 2.18. The van der Waals surface area contributed by atoms with Crippen LogP contribution in [0.25, 0.3) is 0 Å². The van der Waals surface area contributed by atoms with Crippen LogP contribution in [0.3, 0.4) is 0 Å². The number of nitrogens with one attached hydrogen (secondary N) is 1. The van der Waals surface area contributed by atoms with Gasteiger partial charge in [-0.2, -0.15) is 5.26 Å². The number of carbonyl (C=O) groups is 2. The predicted octanol–water partition coefficient (Wildman–Crippen LogP) is 1.49. The molecular formula is C14H16FN3O2. The number of nitrogens with two attached hydrogens (primary N) is 1. The highest BCUT2D eigenvalue weighted by Crippen LogP contribution is 2.06. The van der Waals surface area contributed by atoms with E-state index in [-0.39, 0.29) is 5.56 Å². The first kappa shape index (κ1) is 15.6. The third-order valence-corrected chi connectivity index (χ3v) is 2.79. The molecule has 0 saturated carbocycles. The van der Waals surface area contributed by atoms with Gasteiger partial charge in [0.05, 0.1) is 6.07 Å². The lowest BCUT2D eigenvalue weighted by Crippen LogP contribution is -2.44. The fourth-order valence-electron chi connectivity index (χ4n) is 1.68. The molecule has 0 fully saturated rings. The Bertz CT molecular complexity index is 508. The first-order chi connectivity index (χ1) is 9.54. The van der Waals surface area contributed by atoms with Crippen LogP contribution in [0.1, 0.15) is 36.0 Å². The number of amides is 2. The van der Waals surface area contributed by atoms with E-state index in [1.807, 2.05) is 6.07 Å². The van der Waals surface area contributed by atoms with Gasteiger partial charge in [0, 0.05) is 12.0 Å². The Balaban J connectivity index is 2.57. The molecule has 0 saturated heterocycles. The molecule has 0 bridgehead atoms. The quantitative estimate of drug-likeness (QED) is 0.739. The molecule has 3 N–H and O–H groups in total. The van der Waals surface area contributed by atoms with Gasteiger partial charge in [-0.15, -0.1) is 0 Å². The molecule has 0 spiro atoms. The maximum absolute atomic E-state index is 12.7. The highest BCUT2D eigenvalue weighted by molar-refractivity contribution is 5.97. The lowest BCUT2D eigenvalue weighted by atomic mass is 10.1. The van der Waals surface area contributed by atoms with Gasteiger partial charge >= 0.3 is 0 Å². The number of rotatable bonds is 7. The summed E-state index contributed by atoms with van der Waals surface area (Å²) >= 11 is 0. The maximum atomic E-state index is 12.7. The van der Waals surface area contributed by atoms with Crippen molar-refractivity contribution in [1.29, 1.82) is 5.26 Å². The van der Waals surface area contributed by atoms with E-state index in [2.05, 4.69) is 5.32 Å². The average Bonchev–Trinajstić information content (AvgIpc) is 2.42. The number of hydrogen-bond acceptors (Lipinski definition) is 3. The van der Waals surface area contributed by atoms with Crippen LogP contribution in [0.5, 0.6) is 0 Å². The monoisotopic (exact) mass is 277 g/mol. The van der Waals surface area contributed by atoms with Crippen molar-refractivity contribution in [3.05, 3.63) is 35.6 Å². The molecule has 0 radical (unpaired) electrons. The van der Waals surface area contributed by atoms with Crippen LogP contribution >= 0.6 is 0 Å². The number of hydrogen-bond donors (Lipinski definition) is 2. The number of unbranched alkanes of at least 4 members (excludes halogenated alkanes) is 2. The van der Waals surface area contributed by atoms with E-state index in [4.69, 9.17) is 11.0 Å². The van der Waals surface area contributed by atoms with Crippen LogP contribution in [-0.2, 0) is 4.79 Å². The third-order valence-electron chi connectivity index (χ3n) is 2.79. The Morgan fingerprint density at radius 1 is 1.30 bits per heavy atom. The molecule has 2 amide bonds. The fourth-order valence-corrected chi connectivity index (χ4v) is 1.68. The molecule has 106 valence electrons. The van der Waals surface area contributed by atoms with Gasteiger partial charge in [0.15, 0.2) is 0 Å². The van der Waals surface area contributed by atoms with E-state index in [0.717, 1.165) is 0 Å². The van der Waals surface area contributed by atoms with E-state index < -0.39 is 23.7 Å². The van der Waals surface area contributed by atoms with E-state index >= 15 is 0 Å². The zero-order valence-corrected chi connectivity index (χ0v) is 10.9. The Morgan fingerprint density at radius 2 is 1.95 bits per heavy atom. The average molecular weight is 277 g/mol. The van der Waals surface area contributed by atoms with Crippen LogP contribution < -0.4 is 11.1 Å². The summed E-state index contributed by atoms with van der Waals surface area (Å²) in [6.07, 6.45) is 2.04. The van der Waals surface area contributed by atoms with E-state index in [0.29, 0.717) is 25.7 Å². The molecular weight excluding hydrogens is 261 g/mol. The Kier molecular flexibility index (Phi) is 6.17. The molecule has 1 atom stereocenters. The minimum absolute atomic E-state index is 0.259. The number of benzene rings is 1. The largest absolute Gasteiger partial charge is 0.368 e. The lowest BCUT2D eigenvalue weighted by Gasteiger charge is -2.15. The van der Waals surface area contributed by atoms with E-state index in [9.17, 15) is 14.0 Å². The van der Waals surface area contributed by atoms with Gasteiger partial charge in [0.2, 0.25) is 5.91 Å². The summed E-state index contributed by atoms with van der Waals surface area (Å²) in [6, 6.07) is 6.22. The van der Waals surface area contributed by atoms with Crippen molar-refractivity contribution in [2.45, 2.75) is 31.7 Å². The van der Waals surface area contributed by atoms with E-state index in [1.54, 1.807) is 0 Å². The second kappa shape index (κ2) is 7.89. The van der Waals surface area contributed by atoms with E-state index in [1.165, 1.54) is 24.3 Å². The summed E-state index contributed by atoms with van der Waals surface area (Å²) in [5, 5.41) is 10.9. The second-order valence-electron chi connectivity index (χ2n) is 4.34. The molecule has 5 nitrogen and oxygen atoms in total. The lowest BCUT2D eigenvalue weighted by molar-refractivity contribution is -0.120. The Hall–Kier alpha value is -2.42. The van der Waals surface area contributed by atoms with Gasteiger partial charge in [-0.25, -0.2) is 4.39 Å². The van der Waals surface area contributed by atoms with Crippen LogP contribution in [-0.4, -0.2) is 17.9 Å². The highest BCUT2D eigenvalue weighted by atomic mass is 19.1.